The highest BCUT2D eigenvalue weighted by atomic mass is 19.1. The van der Waals surface area contributed by atoms with Gasteiger partial charge in [0, 0.05) is 38.8 Å². The standard InChI is InChI=1S/C23H23FN2O5/c24-18-3-1-2-4-19(18)30-17-7-9-26(10-8-17)23(27)22-13-16(25-31-22)11-15-5-6-20-21(12-15)29-14-28-20/h1-6,12,17,22H,7-11,13-14H2. The van der Waals surface area contributed by atoms with Gasteiger partial charge in [0.15, 0.2) is 23.1 Å². The number of carbonyl (C=O) groups excluding carboxylic acids is 1. The first kappa shape index (κ1) is 19.7. The van der Waals surface area contributed by atoms with E-state index in [2.05, 4.69) is 5.16 Å². The van der Waals surface area contributed by atoms with E-state index in [1.54, 1.807) is 23.1 Å². The van der Waals surface area contributed by atoms with Crippen LogP contribution in [-0.4, -0.2) is 48.6 Å². The molecule has 1 amide bonds. The molecule has 0 aromatic heterocycles. The van der Waals surface area contributed by atoms with Gasteiger partial charge in [-0.1, -0.05) is 23.4 Å². The first-order chi connectivity index (χ1) is 15.2. The predicted molar refractivity (Wildman–Crippen MR) is 110 cm³/mol. The molecule has 3 aliphatic rings. The van der Waals surface area contributed by atoms with Crippen molar-refractivity contribution in [2.24, 2.45) is 5.16 Å². The summed E-state index contributed by atoms with van der Waals surface area (Å²) < 4.78 is 30.3. The lowest BCUT2D eigenvalue weighted by molar-refractivity contribution is -0.143. The first-order valence-electron chi connectivity index (χ1n) is 10.5. The van der Waals surface area contributed by atoms with Gasteiger partial charge in [0.2, 0.25) is 12.9 Å². The van der Waals surface area contributed by atoms with Crippen LogP contribution in [0.15, 0.2) is 47.6 Å². The van der Waals surface area contributed by atoms with Crippen molar-refractivity contribution in [1.29, 1.82) is 0 Å². The number of carbonyl (C=O) groups is 1. The minimum atomic E-state index is -0.590. The quantitative estimate of drug-likeness (QED) is 0.734. The number of hydrogen-bond donors (Lipinski definition) is 0. The molecule has 0 spiro atoms. The van der Waals surface area contributed by atoms with Gasteiger partial charge in [0.05, 0.1) is 5.71 Å². The van der Waals surface area contributed by atoms with Crippen LogP contribution >= 0.6 is 0 Å². The average Bonchev–Trinajstić information content (AvgIpc) is 3.45. The maximum atomic E-state index is 13.8. The summed E-state index contributed by atoms with van der Waals surface area (Å²) in [6.45, 7) is 1.34. The minimum Gasteiger partial charge on any atom is -0.487 e. The third-order valence-corrected chi connectivity index (χ3v) is 5.73. The van der Waals surface area contributed by atoms with E-state index in [9.17, 15) is 9.18 Å². The van der Waals surface area contributed by atoms with Crippen LogP contribution in [0.3, 0.4) is 0 Å². The average molecular weight is 426 g/mol. The highest BCUT2D eigenvalue weighted by molar-refractivity contribution is 5.94. The molecule has 3 heterocycles. The fraction of sp³-hybridized carbons (Fsp3) is 0.391. The van der Waals surface area contributed by atoms with Crippen LogP contribution in [-0.2, 0) is 16.1 Å². The van der Waals surface area contributed by atoms with Crippen molar-refractivity contribution in [3.63, 3.8) is 0 Å². The van der Waals surface area contributed by atoms with Gasteiger partial charge in [0.25, 0.3) is 5.91 Å². The van der Waals surface area contributed by atoms with Gasteiger partial charge < -0.3 is 23.9 Å². The molecular weight excluding hydrogens is 403 g/mol. The number of likely N-dealkylation sites (tertiary alicyclic amines) is 1. The fourth-order valence-corrected chi connectivity index (χ4v) is 4.07. The van der Waals surface area contributed by atoms with Crippen LogP contribution in [0.1, 0.15) is 24.8 Å². The second kappa shape index (κ2) is 8.45. The predicted octanol–water partition coefficient (Wildman–Crippen LogP) is 3.31. The Morgan fingerprint density at radius 1 is 1.13 bits per heavy atom. The van der Waals surface area contributed by atoms with Gasteiger partial charge in [-0.25, -0.2) is 4.39 Å². The Bertz CT molecular complexity index is 1000. The number of para-hydroxylation sites is 1. The zero-order valence-corrected chi connectivity index (χ0v) is 17.0. The van der Waals surface area contributed by atoms with E-state index in [-0.39, 0.29) is 30.4 Å². The van der Waals surface area contributed by atoms with Gasteiger partial charge in [-0.15, -0.1) is 0 Å². The Balaban J connectivity index is 1.11. The monoisotopic (exact) mass is 426 g/mol. The van der Waals surface area contributed by atoms with Crippen LogP contribution in [0.5, 0.6) is 17.2 Å². The Morgan fingerprint density at radius 2 is 1.94 bits per heavy atom. The normalized spacial score (nSPS) is 20.4. The van der Waals surface area contributed by atoms with Crippen molar-refractivity contribution in [2.45, 2.75) is 37.9 Å². The SMILES string of the molecule is O=C(C1CC(Cc2ccc3c(c2)OCO3)=NO1)N1CCC(Oc2ccccc2F)CC1. The van der Waals surface area contributed by atoms with E-state index in [1.807, 2.05) is 18.2 Å². The molecule has 1 saturated heterocycles. The van der Waals surface area contributed by atoms with Crippen LogP contribution < -0.4 is 14.2 Å². The Hall–Kier alpha value is -3.29. The zero-order valence-electron chi connectivity index (χ0n) is 17.0. The molecule has 7 nitrogen and oxygen atoms in total. The zero-order chi connectivity index (χ0) is 21.2. The molecule has 1 atom stereocenters. The lowest BCUT2D eigenvalue weighted by Crippen LogP contribution is -2.46. The van der Waals surface area contributed by atoms with Gasteiger partial charge >= 0.3 is 0 Å². The van der Waals surface area contributed by atoms with Crippen molar-refractivity contribution in [3.05, 3.63) is 53.8 Å². The largest absolute Gasteiger partial charge is 0.487 e. The van der Waals surface area contributed by atoms with Crippen molar-refractivity contribution in [3.8, 4) is 17.2 Å². The smallest absolute Gasteiger partial charge is 0.266 e. The summed E-state index contributed by atoms with van der Waals surface area (Å²) in [5.74, 6) is 1.29. The van der Waals surface area contributed by atoms with Crippen LogP contribution in [0.2, 0.25) is 0 Å². The molecule has 1 fully saturated rings. The minimum absolute atomic E-state index is 0.0613. The summed E-state index contributed by atoms with van der Waals surface area (Å²) >= 11 is 0. The molecule has 31 heavy (non-hydrogen) atoms. The summed E-state index contributed by atoms with van der Waals surface area (Å²) in [4.78, 5) is 20.1. The van der Waals surface area contributed by atoms with Gasteiger partial charge in [-0.2, -0.15) is 0 Å². The molecule has 5 rings (SSSR count). The molecule has 2 aromatic carbocycles. The van der Waals surface area contributed by atoms with Crippen molar-refractivity contribution in [2.75, 3.05) is 19.9 Å². The molecule has 162 valence electrons. The number of hydrogen-bond acceptors (Lipinski definition) is 6. The Morgan fingerprint density at radius 3 is 2.77 bits per heavy atom. The summed E-state index contributed by atoms with van der Waals surface area (Å²) in [7, 11) is 0. The number of halogens is 1. The maximum absolute atomic E-state index is 13.8. The number of ether oxygens (including phenoxy) is 3. The lowest BCUT2D eigenvalue weighted by atomic mass is 10.0. The molecule has 2 aromatic rings. The summed E-state index contributed by atoms with van der Waals surface area (Å²) in [6, 6.07) is 12.2. The van der Waals surface area contributed by atoms with E-state index in [0.29, 0.717) is 38.8 Å². The van der Waals surface area contributed by atoms with E-state index < -0.39 is 6.10 Å². The summed E-state index contributed by atoms with van der Waals surface area (Å²) in [6.07, 6.45) is 1.67. The van der Waals surface area contributed by atoms with Crippen LogP contribution in [0.4, 0.5) is 4.39 Å². The number of rotatable bonds is 5. The Labute approximate surface area is 179 Å². The molecular formula is C23H23FN2O5. The second-order valence-electron chi connectivity index (χ2n) is 7.89. The van der Waals surface area contributed by atoms with E-state index >= 15 is 0 Å². The van der Waals surface area contributed by atoms with Crippen LogP contribution in [0, 0.1) is 5.82 Å². The number of nitrogens with zero attached hydrogens (tertiary/aromatic N) is 2. The number of piperidine rings is 1. The lowest BCUT2D eigenvalue weighted by Gasteiger charge is -2.33. The molecule has 3 aliphatic heterocycles. The number of fused-ring (bicyclic) bond motifs is 1. The highest BCUT2D eigenvalue weighted by Gasteiger charge is 2.34. The molecule has 8 heteroatoms. The maximum Gasteiger partial charge on any atom is 0.266 e. The highest BCUT2D eigenvalue weighted by Crippen LogP contribution is 2.33. The fourth-order valence-electron chi connectivity index (χ4n) is 4.07. The molecule has 0 bridgehead atoms. The molecule has 1 unspecified atom stereocenters. The van der Waals surface area contributed by atoms with Crippen molar-refractivity contribution < 1.29 is 28.2 Å². The third kappa shape index (κ3) is 4.28. The third-order valence-electron chi connectivity index (χ3n) is 5.73. The van der Waals surface area contributed by atoms with Crippen molar-refractivity contribution in [1.82, 2.24) is 4.90 Å². The van der Waals surface area contributed by atoms with Gasteiger partial charge in [-0.3, -0.25) is 4.79 Å². The number of benzene rings is 2. The molecule has 0 saturated carbocycles. The topological polar surface area (TPSA) is 69.6 Å². The Kier molecular flexibility index (Phi) is 5.36. The summed E-state index contributed by atoms with van der Waals surface area (Å²) in [5, 5.41) is 4.13. The molecule has 0 radical (unpaired) electrons. The number of oxime groups is 1. The van der Waals surface area contributed by atoms with Gasteiger partial charge in [-0.05, 0) is 29.8 Å². The van der Waals surface area contributed by atoms with Crippen LogP contribution in [0.25, 0.3) is 0 Å². The van der Waals surface area contributed by atoms with E-state index in [1.165, 1.54) is 6.07 Å². The van der Waals surface area contributed by atoms with E-state index in [0.717, 1.165) is 22.8 Å². The second-order valence-corrected chi connectivity index (χ2v) is 7.89. The molecule has 0 N–H and O–H groups in total. The van der Waals surface area contributed by atoms with Crippen molar-refractivity contribution >= 4 is 11.6 Å². The molecule has 0 aliphatic carbocycles. The summed E-state index contributed by atoms with van der Waals surface area (Å²) in [5.41, 5.74) is 1.86. The number of amides is 1. The van der Waals surface area contributed by atoms with Gasteiger partial charge in [0.1, 0.15) is 6.10 Å². The first-order valence-corrected chi connectivity index (χ1v) is 10.5. The van der Waals surface area contributed by atoms with E-state index in [4.69, 9.17) is 19.0 Å².